The number of carbonyl (C=O) groups excluding carboxylic acids is 1. The van der Waals surface area contributed by atoms with Gasteiger partial charge in [0.15, 0.2) is 5.78 Å². The number of rotatable bonds is 4. The highest BCUT2D eigenvalue weighted by Crippen LogP contribution is 2.06. The molecular formula is C9H15N3O. The summed E-state index contributed by atoms with van der Waals surface area (Å²) in [6.45, 7) is 2.61. The zero-order chi connectivity index (χ0) is 9.84. The molecule has 13 heavy (non-hydrogen) atoms. The molecule has 0 aliphatic rings. The Bertz CT molecular complexity index is 293. The molecule has 1 N–H and O–H groups in total. The van der Waals surface area contributed by atoms with Gasteiger partial charge in [0.25, 0.3) is 0 Å². The van der Waals surface area contributed by atoms with E-state index in [1.807, 2.05) is 14.0 Å². The normalized spacial score (nSPS) is 12.8. The van der Waals surface area contributed by atoms with Crippen LogP contribution in [0.15, 0.2) is 12.4 Å². The summed E-state index contributed by atoms with van der Waals surface area (Å²) in [7, 11) is 3.65. The van der Waals surface area contributed by atoms with Gasteiger partial charge < -0.3 is 5.32 Å². The van der Waals surface area contributed by atoms with Crippen molar-refractivity contribution in [1.29, 1.82) is 0 Å². The van der Waals surface area contributed by atoms with Crippen LogP contribution in [-0.2, 0) is 7.05 Å². The van der Waals surface area contributed by atoms with Crippen molar-refractivity contribution in [2.45, 2.75) is 6.92 Å². The summed E-state index contributed by atoms with van der Waals surface area (Å²) >= 11 is 0. The van der Waals surface area contributed by atoms with E-state index in [0.717, 1.165) is 0 Å². The Kier molecular flexibility index (Phi) is 3.19. The SMILES string of the molecule is CNCC(C)C(=O)c1cnn(C)c1. The van der Waals surface area contributed by atoms with Gasteiger partial charge in [-0.3, -0.25) is 9.48 Å². The fourth-order valence-corrected chi connectivity index (χ4v) is 1.23. The lowest BCUT2D eigenvalue weighted by atomic mass is 10.0. The minimum atomic E-state index is 0.00852. The number of ketones is 1. The third-order valence-corrected chi connectivity index (χ3v) is 1.95. The maximum atomic E-state index is 11.7. The molecule has 72 valence electrons. The summed E-state index contributed by atoms with van der Waals surface area (Å²) in [5.74, 6) is 0.150. The number of aromatic nitrogens is 2. The van der Waals surface area contributed by atoms with Crippen LogP contribution >= 0.6 is 0 Å². The second-order valence-electron chi connectivity index (χ2n) is 3.23. The Morgan fingerprint density at radius 1 is 1.77 bits per heavy atom. The number of aryl methyl sites for hydroxylation is 1. The largest absolute Gasteiger partial charge is 0.319 e. The van der Waals surface area contributed by atoms with Gasteiger partial charge in [-0.25, -0.2) is 0 Å². The van der Waals surface area contributed by atoms with Gasteiger partial charge in [-0.15, -0.1) is 0 Å². The molecule has 0 saturated heterocycles. The van der Waals surface area contributed by atoms with Crippen molar-refractivity contribution in [3.05, 3.63) is 18.0 Å². The highest BCUT2D eigenvalue weighted by molar-refractivity contribution is 5.97. The first kappa shape index (κ1) is 9.92. The third-order valence-electron chi connectivity index (χ3n) is 1.95. The van der Waals surface area contributed by atoms with Gasteiger partial charge in [-0.05, 0) is 7.05 Å². The van der Waals surface area contributed by atoms with Crippen LogP contribution in [-0.4, -0.2) is 29.2 Å². The molecule has 0 aromatic carbocycles. The van der Waals surface area contributed by atoms with E-state index in [-0.39, 0.29) is 11.7 Å². The predicted molar refractivity (Wildman–Crippen MR) is 50.6 cm³/mol. The smallest absolute Gasteiger partial charge is 0.170 e. The Balaban J connectivity index is 2.67. The lowest BCUT2D eigenvalue weighted by Crippen LogP contribution is -2.23. The zero-order valence-electron chi connectivity index (χ0n) is 8.24. The molecule has 4 heteroatoms. The van der Waals surface area contributed by atoms with E-state index >= 15 is 0 Å². The molecule has 0 saturated carbocycles. The second-order valence-corrected chi connectivity index (χ2v) is 3.23. The maximum absolute atomic E-state index is 11.7. The van der Waals surface area contributed by atoms with Crippen molar-refractivity contribution in [2.75, 3.05) is 13.6 Å². The van der Waals surface area contributed by atoms with Gasteiger partial charge in [0.1, 0.15) is 0 Å². The van der Waals surface area contributed by atoms with Crippen LogP contribution in [0.3, 0.4) is 0 Å². The molecule has 0 radical (unpaired) electrons. The summed E-state index contributed by atoms with van der Waals surface area (Å²) in [5.41, 5.74) is 0.685. The number of carbonyl (C=O) groups is 1. The molecule has 1 aromatic heterocycles. The highest BCUT2D eigenvalue weighted by Gasteiger charge is 2.15. The quantitative estimate of drug-likeness (QED) is 0.686. The van der Waals surface area contributed by atoms with Gasteiger partial charge in [-0.1, -0.05) is 6.92 Å². The molecule has 0 fully saturated rings. The van der Waals surface area contributed by atoms with Crippen LogP contribution in [0.25, 0.3) is 0 Å². The molecule has 0 spiro atoms. The fraction of sp³-hybridized carbons (Fsp3) is 0.556. The average molecular weight is 181 g/mol. The molecule has 4 nitrogen and oxygen atoms in total. The predicted octanol–water partition coefficient (Wildman–Crippen LogP) is 0.458. The van der Waals surface area contributed by atoms with E-state index in [1.165, 1.54) is 0 Å². The standard InChI is InChI=1S/C9H15N3O/c1-7(4-10-2)9(13)8-5-11-12(3)6-8/h5-7,10H,4H2,1-3H3. The molecule has 1 heterocycles. The first-order chi connectivity index (χ1) is 6.15. The zero-order valence-corrected chi connectivity index (χ0v) is 8.24. The molecule has 0 aliphatic carbocycles. The maximum Gasteiger partial charge on any atom is 0.170 e. The van der Waals surface area contributed by atoms with E-state index in [2.05, 4.69) is 10.4 Å². The van der Waals surface area contributed by atoms with Crippen molar-refractivity contribution in [1.82, 2.24) is 15.1 Å². The van der Waals surface area contributed by atoms with Gasteiger partial charge >= 0.3 is 0 Å². The molecule has 1 aromatic rings. The lowest BCUT2D eigenvalue weighted by Gasteiger charge is -2.06. The van der Waals surface area contributed by atoms with Gasteiger partial charge in [0.05, 0.1) is 11.8 Å². The summed E-state index contributed by atoms with van der Waals surface area (Å²) in [6, 6.07) is 0. The van der Waals surface area contributed by atoms with Crippen LogP contribution in [0.1, 0.15) is 17.3 Å². The topological polar surface area (TPSA) is 46.9 Å². The number of hydrogen-bond acceptors (Lipinski definition) is 3. The van der Waals surface area contributed by atoms with Gasteiger partial charge in [-0.2, -0.15) is 5.10 Å². The number of nitrogens with zero attached hydrogens (tertiary/aromatic N) is 2. The highest BCUT2D eigenvalue weighted by atomic mass is 16.1. The Labute approximate surface area is 77.9 Å². The molecule has 0 aliphatic heterocycles. The van der Waals surface area contributed by atoms with E-state index in [9.17, 15) is 4.79 Å². The summed E-state index contributed by atoms with van der Waals surface area (Å²) in [6.07, 6.45) is 3.35. The second kappa shape index (κ2) is 4.18. The van der Waals surface area contributed by atoms with Crippen LogP contribution in [0.4, 0.5) is 0 Å². The van der Waals surface area contributed by atoms with E-state index in [1.54, 1.807) is 24.1 Å². The van der Waals surface area contributed by atoms with E-state index in [0.29, 0.717) is 12.1 Å². The number of nitrogens with one attached hydrogen (secondary N) is 1. The fourth-order valence-electron chi connectivity index (χ4n) is 1.23. The number of hydrogen-bond donors (Lipinski definition) is 1. The first-order valence-electron chi connectivity index (χ1n) is 4.32. The molecule has 1 unspecified atom stereocenters. The minimum absolute atomic E-state index is 0.00852. The monoisotopic (exact) mass is 181 g/mol. The first-order valence-corrected chi connectivity index (χ1v) is 4.32. The van der Waals surface area contributed by atoms with Crippen LogP contribution in [0.2, 0.25) is 0 Å². The number of Topliss-reactive ketones (excluding diaryl/α,β-unsaturated/α-hetero) is 1. The third kappa shape index (κ3) is 2.39. The molecule has 0 bridgehead atoms. The summed E-state index contributed by atoms with van der Waals surface area (Å²) in [5, 5.41) is 6.93. The molecule has 1 atom stereocenters. The van der Waals surface area contributed by atoms with E-state index in [4.69, 9.17) is 0 Å². The minimum Gasteiger partial charge on any atom is -0.319 e. The average Bonchev–Trinajstić information content (AvgIpc) is 2.51. The van der Waals surface area contributed by atoms with Crippen LogP contribution in [0, 0.1) is 5.92 Å². The summed E-state index contributed by atoms with van der Waals surface area (Å²) < 4.78 is 1.64. The molecule has 0 amide bonds. The molecule has 1 rings (SSSR count). The van der Waals surface area contributed by atoms with Crippen molar-refractivity contribution < 1.29 is 4.79 Å². The Morgan fingerprint density at radius 2 is 2.46 bits per heavy atom. The summed E-state index contributed by atoms with van der Waals surface area (Å²) in [4.78, 5) is 11.7. The van der Waals surface area contributed by atoms with Crippen LogP contribution in [0.5, 0.6) is 0 Å². The lowest BCUT2D eigenvalue weighted by molar-refractivity contribution is 0.0930. The van der Waals surface area contributed by atoms with Crippen molar-refractivity contribution in [2.24, 2.45) is 13.0 Å². The van der Waals surface area contributed by atoms with E-state index < -0.39 is 0 Å². The molecular weight excluding hydrogens is 166 g/mol. The Hall–Kier alpha value is -1.16. The van der Waals surface area contributed by atoms with Crippen molar-refractivity contribution >= 4 is 5.78 Å². The van der Waals surface area contributed by atoms with Crippen molar-refractivity contribution in [3.8, 4) is 0 Å². The Morgan fingerprint density at radius 3 is 2.92 bits per heavy atom. The van der Waals surface area contributed by atoms with Gasteiger partial charge in [0, 0.05) is 25.7 Å². The van der Waals surface area contributed by atoms with Crippen molar-refractivity contribution in [3.63, 3.8) is 0 Å². The van der Waals surface area contributed by atoms with Crippen LogP contribution < -0.4 is 5.32 Å². The van der Waals surface area contributed by atoms with Gasteiger partial charge in [0.2, 0.25) is 0 Å².